The Morgan fingerprint density at radius 1 is 1.30 bits per heavy atom. The molecule has 0 bridgehead atoms. The molecule has 2 heterocycles. The molecular formula is C15H18N4S. The van der Waals surface area contributed by atoms with Gasteiger partial charge < -0.3 is 10.3 Å². The minimum atomic E-state index is 0.769. The van der Waals surface area contributed by atoms with Crippen molar-refractivity contribution in [1.29, 1.82) is 0 Å². The summed E-state index contributed by atoms with van der Waals surface area (Å²) in [5.74, 6) is 1.14. The second-order valence-corrected chi connectivity index (χ2v) is 5.83. The van der Waals surface area contributed by atoms with Crippen LogP contribution in [0.1, 0.15) is 24.2 Å². The molecule has 0 amide bonds. The molecule has 20 heavy (non-hydrogen) atoms. The van der Waals surface area contributed by atoms with Crippen LogP contribution in [0.5, 0.6) is 0 Å². The van der Waals surface area contributed by atoms with Crippen molar-refractivity contribution in [1.82, 2.24) is 14.5 Å². The highest BCUT2D eigenvalue weighted by Gasteiger charge is 2.10. The van der Waals surface area contributed by atoms with E-state index in [-0.39, 0.29) is 0 Å². The van der Waals surface area contributed by atoms with Gasteiger partial charge in [0.05, 0.1) is 16.0 Å². The van der Waals surface area contributed by atoms with E-state index in [0.717, 1.165) is 42.8 Å². The number of nitrogens with two attached hydrogens (primary N) is 1. The van der Waals surface area contributed by atoms with E-state index >= 15 is 0 Å². The topological polar surface area (TPSA) is 56.7 Å². The van der Waals surface area contributed by atoms with Crippen molar-refractivity contribution >= 4 is 28.1 Å². The number of thiazole rings is 1. The van der Waals surface area contributed by atoms with Crippen LogP contribution in [-0.2, 0) is 19.4 Å². The molecule has 0 unspecified atom stereocenters. The van der Waals surface area contributed by atoms with Crippen molar-refractivity contribution in [3.63, 3.8) is 0 Å². The molecule has 0 fully saturated rings. The summed E-state index contributed by atoms with van der Waals surface area (Å²) >= 11 is 1.71. The summed E-state index contributed by atoms with van der Waals surface area (Å²) in [7, 11) is 0. The van der Waals surface area contributed by atoms with Gasteiger partial charge in [0, 0.05) is 36.7 Å². The first kappa shape index (κ1) is 13.1. The third-order valence-corrected chi connectivity index (χ3v) is 4.20. The maximum atomic E-state index is 5.85. The van der Waals surface area contributed by atoms with Gasteiger partial charge in [0.15, 0.2) is 0 Å². The molecule has 2 N–H and O–H groups in total. The van der Waals surface area contributed by atoms with E-state index in [2.05, 4.69) is 22.5 Å². The van der Waals surface area contributed by atoms with Gasteiger partial charge in [-0.3, -0.25) is 0 Å². The highest BCUT2D eigenvalue weighted by molar-refractivity contribution is 7.09. The molecule has 3 rings (SSSR count). The first-order valence-electron chi connectivity index (χ1n) is 6.91. The van der Waals surface area contributed by atoms with Crippen molar-refractivity contribution in [2.75, 3.05) is 5.73 Å². The normalized spacial score (nSPS) is 11.2. The largest absolute Gasteiger partial charge is 0.399 e. The van der Waals surface area contributed by atoms with Gasteiger partial charge in [0.25, 0.3) is 0 Å². The van der Waals surface area contributed by atoms with Crippen molar-refractivity contribution in [3.8, 4) is 0 Å². The number of rotatable bonds is 5. The monoisotopic (exact) mass is 286 g/mol. The Morgan fingerprint density at radius 3 is 2.95 bits per heavy atom. The number of benzene rings is 1. The number of fused-ring (bicyclic) bond motifs is 1. The van der Waals surface area contributed by atoms with Crippen LogP contribution in [0.2, 0.25) is 0 Å². The zero-order chi connectivity index (χ0) is 13.9. The summed E-state index contributed by atoms with van der Waals surface area (Å²) in [6.07, 6.45) is 4.90. The number of aromatic nitrogens is 3. The zero-order valence-corrected chi connectivity index (χ0v) is 12.4. The number of aryl methyl sites for hydroxylation is 3. The summed E-state index contributed by atoms with van der Waals surface area (Å²) in [4.78, 5) is 9.08. The Bertz CT molecular complexity index is 700. The second kappa shape index (κ2) is 5.63. The Labute approximate surface area is 122 Å². The van der Waals surface area contributed by atoms with Crippen LogP contribution in [0, 0.1) is 0 Å². The Kier molecular flexibility index (Phi) is 3.69. The van der Waals surface area contributed by atoms with Gasteiger partial charge in [0.2, 0.25) is 0 Å². The predicted octanol–water partition coefficient (Wildman–Crippen LogP) is 3.27. The van der Waals surface area contributed by atoms with Gasteiger partial charge in [-0.1, -0.05) is 6.92 Å². The van der Waals surface area contributed by atoms with Gasteiger partial charge in [0.1, 0.15) is 5.82 Å². The molecule has 0 aliphatic carbocycles. The predicted molar refractivity (Wildman–Crippen MR) is 84.0 cm³/mol. The van der Waals surface area contributed by atoms with Crippen LogP contribution in [0.15, 0.2) is 29.8 Å². The van der Waals surface area contributed by atoms with Crippen LogP contribution < -0.4 is 5.73 Å². The lowest BCUT2D eigenvalue weighted by Crippen LogP contribution is -2.06. The highest BCUT2D eigenvalue weighted by atomic mass is 32.1. The van der Waals surface area contributed by atoms with E-state index in [4.69, 9.17) is 10.7 Å². The van der Waals surface area contributed by atoms with Crippen LogP contribution in [-0.4, -0.2) is 14.5 Å². The molecule has 4 nitrogen and oxygen atoms in total. The molecule has 1 aromatic carbocycles. The van der Waals surface area contributed by atoms with Gasteiger partial charge >= 0.3 is 0 Å². The Hall–Kier alpha value is -1.88. The minimum Gasteiger partial charge on any atom is -0.399 e. The second-order valence-electron chi connectivity index (χ2n) is 4.85. The summed E-state index contributed by atoms with van der Waals surface area (Å²) in [5, 5.41) is 3.19. The van der Waals surface area contributed by atoms with E-state index in [0.29, 0.717) is 0 Å². The highest BCUT2D eigenvalue weighted by Crippen LogP contribution is 2.21. The molecule has 2 aromatic heterocycles. The molecule has 3 aromatic rings. The first-order chi connectivity index (χ1) is 9.78. The first-order valence-corrected chi connectivity index (χ1v) is 7.79. The lowest BCUT2D eigenvalue weighted by molar-refractivity contribution is 0.657. The lowest BCUT2D eigenvalue weighted by Gasteiger charge is -2.07. The van der Waals surface area contributed by atoms with Gasteiger partial charge in [-0.05, 0) is 24.6 Å². The van der Waals surface area contributed by atoms with Gasteiger partial charge in [-0.25, -0.2) is 9.97 Å². The van der Waals surface area contributed by atoms with E-state index in [1.54, 1.807) is 11.3 Å². The van der Waals surface area contributed by atoms with Gasteiger partial charge in [-0.2, -0.15) is 0 Å². The Morgan fingerprint density at radius 2 is 2.20 bits per heavy atom. The zero-order valence-electron chi connectivity index (χ0n) is 11.5. The maximum absolute atomic E-state index is 5.85. The van der Waals surface area contributed by atoms with E-state index in [9.17, 15) is 0 Å². The summed E-state index contributed by atoms with van der Waals surface area (Å²) in [6, 6.07) is 5.96. The number of imidazole rings is 1. The number of hydrogen-bond donors (Lipinski definition) is 1. The lowest BCUT2D eigenvalue weighted by atomic mass is 10.2. The molecule has 5 heteroatoms. The average Bonchev–Trinajstić information content (AvgIpc) is 3.04. The van der Waals surface area contributed by atoms with Crippen LogP contribution >= 0.6 is 11.3 Å². The SMILES string of the molecule is CCCc1nc2cc(N)ccc2n1CCc1nccs1. The fourth-order valence-electron chi connectivity index (χ4n) is 2.44. The summed E-state index contributed by atoms with van der Waals surface area (Å²) in [6.45, 7) is 3.10. The third kappa shape index (κ3) is 2.54. The van der Waals surface area contributed by atoms with E-state index < -0.39 is 0 Å². The van der Waals surface area contributed by atoms with Gasteiger partial charge in [-0.15, -0.1) is 11.3 Å². The summed E-state index contributed by atoms with van der Waals surface area (Å²) in [5.41, 5.74) is 8.78. The average molecular weight is 286 g/mol. The minimum absolute atomic E-state index is 0.769. The number of nitrogen functional groups attached to an aromatic ring is 1. The smallest absolute Gasteiger partial charge is 0.109 e. The summed E-state index contributed by atoms with van der Waals surface area (Å²) < 4.78 is 2.31. The standard InChI is InChI=1S/C15H18N4S/c1-2-3-14-18-12-10-11(16)4-5-13(12)19(14)8-6-15-17-7-9-20-15/h4-5,7,9-10H,2-3,6,8,16H2,1H3. The van der Waals surface area contributed by atoms with Crippen LogP contribution in [0.3, 0.4) is 0 Å². The molecule has 0 aliphatic rings. The quantitative estimate of drug-likeness (QED) is 0.732. The molecular weight excluding hydrogens is 268 g/mol. The van der Waals surface area contributed by atoms with Crippen molar-refractivity contribution < 1.29 is 0 Å². The molecule has 0 aliphatic heterocycles. The van der Waals surface area contributed by atoms with Crippen LogP contribution in [0.4, 0.5) is 5.69 Å². The van der Waals surface area contributed by atoms with Crippen molar-refractivity contribution in [2.45, 2.75) is 32.7 Å². The third-order valence-electron chi connectivity index (χ3n) is 3.36. The fourth-order valence-corrected chi connectivity index (χ4v) is 3.05. The van der Waals surface area contributed by atoms with E-state index in [1.807, 2.05) is 23.7 Å². The van der Waals surface area contributed by atoms with Crippen molar-refractivity contribution in [2.24, 2.45) is 0 Å². The molecule has 0 atom stereocenters. The molecule has 104 valence electrons. The Balaban J connectivity index is 1.95. The van der Waals surface area contributed by atoms with E-state index in [1.165, 1.54) is 10.5 Å². The molecule has 0 saturated heterocycles. The number of nitrogens with zero attached hydrogens (tertiary/aromatic N) is 3. The number of hydrogen-bond acceptors (Lipinski definition) is 4. The molecule has 0 radical (unpaired) electrons. The van der Waals surface area contributed by atoms with Crippen molar-refractivity contribution in [3.05, 3.63) is 40.6 Å². The fraction of sp³-hybridized carbons (Fsp3) is 0.333. The molecule has 0 spiro atoms. The number of anilines is 1. The molecule has 0 saturated carbocycles. The van der Waals surface area contributed by atoms with Crippen LogP contribution in [0.25, 0.3) is 11.0 Å². The maximum Gasteiger partial charge on any atom is 0.109 e.